The number of carbonyl (C=O) groups is 1. The Balaban J connectivity index is 1.95. The lowest BCUT2D eigenvalue weighted by Gasteiger charge is -2.30. The molecule has 0 aliphatic carbocycles. The molecule has 3 aromatic rings. The number of hydrogen-bond donors (Lipinski definition) is 0. The molecule has 8 heteroatoms. The van der Waals surface area contributed by atoms with Crippen molar-refractivity contribution in [3.63, 3.8) is 0 Å². The minimum atomic E-state index is -0.104. The van der Waals surface area contributed by atoms with Gasteiger partial charge in [-0.1, -0.05) is 39.8 Å². The van der Waals surface area contributed by atoms with Gasteiger partial charge in [0.25, 0.3) is 0 Å². The zero-order chi connectivity index (χ0) is 23.8. The van der Waals surface area contributed by atoms with Gasteiger partial charge in [0, 0.05) is 44.4 Å². The number of benzene rings is 1. The number of carbonyl (C=O) groups excluding carboxylic acids is 1. The maximum Gasteiger partial charge on any atom is 0.229 e. The maximum absolute atomic E-state index is 12.5. The SMILES string of the molecule is CCN(CC)CCN(CCN(CC)CC)c1cccc(-c2nc3ncncc3n2C(C)=O)c1. The topological polar surface area (TPSA) is 70.4 Å². The number of imidazole rings is 1. The van der Waals surface area contributed by atoms with E-state index in [-0.39, 0.29) is 5.91 Å². The van der Waals surface area contributed by atoms with Crippen LogP contribution in [0.5, 0.6) is 0 Å². The summed E-state index contributed by atoms with van der Waals surface area (Å²) in [7, 11) is 0. The maximum atomic E-state index is 12.5. The highest BCUT2D eigenvalue weighted by Gasteiger charge is 2.18. The molecule has 0 spiro atoms. The van der Waals surface area contributed by atoms with Crippen LogP contribution in [0.25, 0.3) is 22.6 Å². The minimum absolute atomic E-state index is 0.104. The monoisotopic (exact) mass is 451 g/mol. The van der Waals surface area contributed by atoms with Crippen LogP contribution in [0.1, 0.15) is 39.4 Å². The number of aromatic nitrogens is 4. The van der Waals surface area contributed by atoms with Crippen LogP contribution in [0.2, 0.25) is 0 Å². The van der Waals surface area contributed by atoms with Crippen molar-refractivity contribution in [3.05, 3.63) is 36.8 Å². The summed E-state index contributed by atoms with van der Waals surface area (Å²) in [6.07, 6.45) is 3.10. The Hall–Kier alpha value is -2.84. The van der Waals surface area contributed by atoms with Crippen molar-refractivity contribution < 1.29 is 4.79 Å². The van der Waals surface area contributed by atoms with Gasteiger partial charge in [-0.3, -0.25) is 9.36 Å². The van der Waals surface area contributed by atoms with Crippen molar-refractivity contribution in [3.8, 4) is 11.4 Å². The number of anilines is 1. The van der Waals surface area contributed by atoms with Gasteiger partial charge < -0.3 is 14.7 Å². The summed E-state index contributed by atoms with van der Waals surface area (Å²) in [6.45, 7) is 18.5. The first-order valence-electron chi connectivity index (χ1n) is 12.0. The molecule has 0 saturated heterocycles. The fourth-order valence-electron chi connectivity index (χ4n) is 4.15. The van der Waals surface area contributed by atoms with E-state index in [1.165, 1.54) is 6.33 Å². The number of likely N-dealkylation sites (N-methyl/N-ethyl adjacent to an activating group) is 2. The molecule has 178 valence electrons. The molecule has 0 radical (unpaired) electrons. The van der Waals surface area contributed by atoms with Crippen molar-refractivity contribution in [1.82, 2.24) is 29.3 Å². The number of rotatable bonds is 12. The highest BCUT2D eigenvalue weighted by Crippen LogP contribution is 2.27. The van der Waals surface area contributed by atoms with Gasteiger partial charge in [0.05, 0.1) is 6.20 Å². The quantitative estimate of drug-likeness (QED) is 0.416. The molecule has 0 saturated carbocycles. The normalized spacial score (nSPS) is 11.6. The molecule has 2 heterocycles. The summed E-state index contributed by atoms with van der Waals surface area (Å²) >= 11 is 0. The average molecular weight is 452 g/mol. The standard InChI is InChI=1S/C25H37N7O/c1-6-29(7-2)13-15-31(16-14-30(8-3)9-4)22-12-10-11-21(17-22)25-28-24-23(18-26-19-27-24)32(25)20(5)33/h10-12,17-19H,6-9,13-16H2,1-5H3. The van der Waals surface area contributed by atoms with Crippen molar-refractivity contribution >= 4 is 22.8 Å². The summed E-state index contributed by atoms with van der Waals surface area (Å²) in [4.78, 5) is 32.8. The van der Waals surface area contributed by atoms with Crippen LogP contribution in [0.4, 0.5) is 5.69 Å². The summed E-state index contributed by atoms with van der Waals surface area (Å²) in [5.74, 6) is 0.500. The van der Waals surface area contributed by atoms with Crippen LogP contribution >= 0.6 is 0 Å². The largest absolute Gasteiger partial charge is 0.369 e. The Morgan fingerprint density at radius 2 is 1.58 bits per heavy atom. The molecule has 0 aliphatic rings. The van der Waals surface area contributed by atoms with Gasteiger partial charge in [0.15, 0.2) is 5.65 Å². The van der Waals surface area contributed by atoms with E-state index in [1.54, 1.807) is 17.7 Å². The molecule has 0 N–H and O–H groups in total. The lowest BCUT2D eigenvalue weighted by atomic mass is 10.1. The van der Waals surface area contributed by atoms with E-state index in [4.69, 9.17) is 0 Å². The van der Waals surface area contributed by atoms with Crippen LogP contribution in [-0.4, -0.2) is 87.6 Å². The van der Waals surface area contributed by atoms with Gasteiger partial charge in [-0.15, -0.1) is 0 Å². The Kier molecular flexibility index (Phi) is 8.91. The van der Waals surface area contributed by atoms with Gasteiger partial charge in [-0.25, -0.2) is 15.0 Å². The Morgan fingerprint density at radius 1 is 0.939 bits per heavy atom. The smallest absolute Gasteiger partial charge is 0.229 e. The van der Waals surface area contributed by atoms with Crippen LogP contribution in [0, 0.1) is 0 Å². The second-order valence-corrected chi connectivity index (χ2v) is 8.11. The van der Waals surface area contributed by atoms with Gasteiger partial charge in [0.1, 0.15) is 17.7 Å². The van der Waals surface area contributed by atoms with Gasteiger partial charge in [-0.05, 0) is 38.3 Å². The molecule has 0 aliphatic heterocycles. The second-order valence-electron chi connectivity index (χ2n) is 8.11. The Labute approximate surface area is 197 Å². The molecule has 8 nitrogen and oxygen atoms in total. The summed E-state index contributed by atoms with van der Waals surface area (Å²) < 4.78 is 1.60. The molecule has 0 atom stereocenters. The third-order valence-electron chi connectivity index (χ3n) is 6.28. The van der Waals surface area contributed by atoms with Crippen molar-refractivity contribution in [2.24, 2.45) is 0 Å². The fraction of sp³-hybridized carbons (Fsp3) is 0.520. The molecule has 0 amide bonds. The van der Waals surface area contributed by atoms with E-state index in [0.717, 1.165) is 63.6 Å². The third kappa shape index (κ3) is 5.94. The van der Waals surface area contributed by atoms with E-state index in [1.807, 2.05) is 12.1 Å². The molecular formula is C25H37N7O. The molecule has 33 heavy (non-hydrogen) atoms. The zero-order valence-corrected chi connectivity index (χ0v) is 20.7. The highest BCUT2D eigenvalue weighted by molar-refractivity contribution is 5.92. The summed E-state index contributed by atoms with van der Waals surface area (Å²) in [5.41, 5.74) is 3.20. The van der Waals surface area contributed by atoms with Crippen molar-refractivity contribution in [2.45, 2.75) is 34.6 Å². The first kappa shape index (κ1) is 24.8. The van der Waals surface area contributed by atoms with Gasteiger partial charge >= 0.3 is 0 Å². The van der Waals surface area contributed by atoms with E-state index in [0.29, 0.717) is 17.0 Å². The van der Waals surface area contributed by atoms with E-state index < -0.39 is 0 Å². The first-order valence-corrected chi connectivity index (χ1v) is 12.0. The number of hydrogen-bond acceptors (Lipinski definition) is 7. The fourth-order valence-corrected chi connectivity index (χ4v) is 4.15. The highest BCUT2D eigenvalue weighted by atomic mass is 16.1. The van der Waals surface area contributed by atoms with E-state index in [9.17, 15) is 4.79 Å². The number of nitrogens with zero attached hydrogens (tertiary/aromatic N) is 7. The minimum Gasteiger partial charge on any atom is -0.369 e. The summed E-state index contributed by atoms with van der Waals surface area (Å²) in [5, 5.41) is 0. The van der Waals surface area contributed by atoms with Crippen molar-refractivity contribution in [2.75, 3.05) is 57.3 Å². The molecule has 2 aromatic heterocycles. The Morgan fingerprint density at radius 3 is 2.15 bits per heavy atom. The predicted molar refractivity (Wildman–Crippen MR) is 135 cm³/mol. The van der Waals surface area contributed by atoms with Crippen molar-refractivity contribution in [1.29, 1.82) is 0 Å². The zero-order valence-electron chi connectivity index (χ0n) is 20.7. The Bertz CT molecular complexity index is 1020. The van der Waals surface area contributed by atoms with E-state index >= 15 is 0 Å². The van der Waals surface area contributed by atoms with Crippen LogP contribution in [-0.2, 0) is 0 Å². The lowest BCUT2D eigenvalue weighted by molar-refractivity contribution is 0.0943. The van der Waals surface area contributed by atoms with E-state index in [2.05, 4.69) is 69.5 Å². The second kappa shape index (κ2) is 11.9. The molecular weight excluding hydrogens is 414 g/mol. The lowest BCUT2D eigenvalue weighted by Crippen LogP contribution is -2.40. The average Bonchev–Trinajstić information content (AvgIpc) is 3.24. The van der Waals surface area contributed by atoms with Gasteiger partial charge in [0.2, 0.25) is 5.91 Å². The molecule has 3 rings (SSSR count). The third-order valence-corrected chi connectivity index (χ3v) is 6.28. The van der Waals surface area contributed by atoms with Gasteiger partial charge in [-0.2, -0.15) is 0 Å². The van der Waals surface area contributed by atoms with Crippen LogP contribution in [0.15, 0.2) is 36.8 Å². The van der Waals surface area contributed by atoms with Crippen LogP contribution < -0.4 is 4.90 Å². The molecule has 0 fully saturated rings. The van der Waals surface area contributed by atoms with Crippen LogP contribution in [0.3, 0.4) is 0 Å². The first-order chi connectivity index (χ1) is 16.0. The predicted octanol–water partition coefficient (Wildman–Crippen LogP) is 3.64. The molecule has 1 aromatic carbocycles. The molecule has 0 bridgehead atoms. The number of fused-ring (bicyclic) bond motifs is 1. The molecule has 0 unspecified atom stereocenters. The summed E-state index contributed by atoms with van der Waals surface area (Å²) in [6, 6.07) is 8.33.